The summed E-state index contributed by atoms with van der Waals surface area (Å²) in [5.74, 6) is 0.368. The van der Waals surface area contributed by atoms with Gasteiger partial charge in [-0.3, -0.25) is 4.79 Å². The molecule has 2 aromatic carbocycles. The molecular formula is C34H39ClN2O3S2. The van der Waals surface area contributed by atoms with E-state index in [9.17, 15) is 13.2 Å². The monoisotopic (exact) mass is 622 g/mol. The molecule has 0 radical (unpaired) electrons. The van der Waals surface area contributed by atoms with E-state index in [1.165, 1.54) is 15.3 Å². The van der Waals surface area contributed by atoms with Gasteiger partial charge < -0.3 is 4.90 Å². The van der Waals surface area contributed by atoms with Crippen LogP contribution in [0.25, 0.3) is 21.5 Å². The Morgan fingerprint density at radius 3 is 2.07 bits per heavy atom. The fourth-order valence-electron chi connectivity index (χ4n) is 7.05. The molecule has 1 atom stereocenters. The van der Waals surface area contributed by atoms with Crippen LogP contribution in [0.3, 0.4) is 0 Å². The van der Waals surface area contributed by atoms with Gasteiger partial charge in [-0.05, 0) is 102 Å². The molecule has 5 nitrogen and oxygen atoms in total. The third-order valence-electron chi connectivity index (χ3n) is 9.26. The largest absolute Gasteiger partial charge is 0.336 e. The highest BCUT2D eigenvalue weighted by Crippen LogP contribution is 2.48. The summed E-state index contributed by atoms with van der Waals surface area (Å²) in [5, 5.41) is 0.860. The van der Waals surface area contributed by atoms with Gasteiger partial charge in [0.1, 0.15) is 4.83 Å². The average molecular weight is 623 g/mol. The highest BCUT2D eigenvalue weighted by atomic mass is 35.5. The number of nitrogens with zero attached hydrogens (tertiary/aromatic N) is 2. The lowest BCUT2D eigenvalue weighted by molar-refractivity contribution is -0.137. The van der Waals surface area contributed by atoms with Gasteiger partial charge in [0.15, 0.2) is 0 Å². The zero-order valence-electron chi connectivity index (χ0n) is 25.2. The average Bonchev–Trinajstić information content (AvgIpc) is 3.71. The fraction of sp³-hybridized carbons (Fsp3) is 0.441. The molecule has 0 saturated carbocycles. The molecule has 2 fully saturated rings. The van der Waals surface area contributed by atoms with Crippen LogP contribution in [0.2, 0.25) is 0 Å². The number of aromatic nitrogens is 1. The number of carbonyl (C=O) groups excluding carboxylic acids is 1. The number of fused-ring (bicyclic) bond motifs is 3. The minimum absolute atomic E-state index is 0.116. The summed E-state index contributed by atoms with van der Waals surface area (Å²) in [6.45, 7) is 12.0. The van der Waals surface area contributed by atoms with Crippen molar-refractivity contribution in [3.63, 3.8) is 0 Å². The summed E-state index contributed by atoms with van der Waals surface area (Å²) >= 11 is 7.95. The van der Waals surface area contributed by atoms with Crippen LogP contribution in [0.5, 0.6) is 0 Å². The molecule has 2 saturated heterocycles. The van der Waals surface area contributed by atoms with Gasteiger partial charge in [-0.25, -0.2) is 12.4 Å². The fourth-order valence-corrected chi connectivity index (χ4v) is 10.2. The van der Waals surface area contributed by atoms with Gasteiger partial charge in [0.2, 0.25) is 5.91 Å². The van der Waals surface area contributed by atoms with Gasteiger partial charge in [-0.15, -0.1) is 22.9 Å². The Hall–Kier alpha value is -2.61. The lowest BCUT2D eigenvalue weighted by Gasteiger charge is -2.31. The molecule has 8 heteroatoms. The van der Waals surface area contributed by atoms with Crippen LogP contribution in [-0.4, -0.2) is 41.2 Å². The second-order valence-corrected chi connectivity index (χ2v) is 16.0. The van der Waals surface area contributed by atoms with Crippen molar-refractivity contribution in [2.24, 2.45) is 0 Å². The van der Waals surface area contributed by atoms with Gasteiger partial charge >= 0.3 is 0 Å². The topological polar surface area (TPSA) is 59.4 Å². The van der Waals surface area contributed by atoms with Gasteiger partial charge in [0.05, 0.1) is 16.0 Å². The Bertz CT molecular complexity index is 1760. The number of carbonyl (C=O) groups is 1. The van der Waals surface area contributed by atoms with E-state index >= 15 is 0 Å². The second-order valence-electron chi connectivity index (χ2n) is 12.9. The minimum Gasteiger partial charge on any atom is -0.336 e. The van der Waals surface area contributed by atoms with Crippen molar-refractivity contribution >= 4 is 49.1 Å². The molecule has 0 spiro atoms. The number of thiophene rings is 1. The standard InChI is InChI=1S/C34H39ClN2O3S2/c1-20-7-13-27(14-8-20)42(39,40)37-31(24-16-21(2)15-22(3)17-24)30(23(4)19-35)28-18-29(41-32(28)37)34(5,6)33(38)36-25-9-10-26(36)12-11-25/h7-8,13-18,23,25-26H,9-12,19H2,1-6H3/t23-,25?,26?/m1/s1. The van der Waals surface area contributed by atoms with Crippen molar-refractivity contribution in [2.75, 3.05) is 5.88 Å². The Kier molecular flexibility index (Phi) is 7.39. The Labute approximate surface area is 258 Å². The van der Waals surface area contributed by atoms with Crippen LogP contribution in [0, 0.1) is 20.8 Å². The summed E-state index contributed by atoms with van der Waals surface area (Å²) in [6.07, 6.45) is 4.32. The molecule has 4 heterocycles. The number of aryl methyl sites for hydroxylation is 3. The van der Waals surface area contributed by atoms with Gasteiger partial charge in [-0.2, -0.15) is 0 Å². The molecule has 2 aliphatic rings. The molecule has 222 valence electrons. The zero-order valence-corrected chi connectivity index (χ0v) is 27.6. The van der Waals surface area contributed by atoms with E-state index in [1.807, 2.05) is 53.7 Å². The van der Waals surface area contributed by atoms with Crippen LogP contribution >= 0.6 is 22.9 Å². The third kappa shape index (κ3) is 4.63. The molecule has 0 unspecified atom stereocenters. The SMILES string of the molecule is Cc1ccc(S(=O)(=O)n2c(-c3cc(C)cc(C)c3)c([C@H](C)CCl)c3cc(C(C)(C)C(=O)N4C5CCC4CC5)sc32)cc1. The second kappa shape index (κ2) is 10.5. The molecule has 1 amide bonds. The first-order chi connectivity index (χ1) is 19.8. The van der Waals surface area contributed by atoms with Gasteiger partial charge in [-0.1, -0.05) is 41.8 Å². The van der Waals surface area contributed by atoms with Crippen molar-refractivity contribution in [3.8, 4) is 11.3 Å². The van der Waals surface area contributed by atoms with Crippen molar-refractivity contribution in [3.05, 3.63) is 75.7 Å². The van der Waals surface area contributed by atoms with Crippen LogP contribution in [0.1, 0.15) is 79.5 Å². The number of hydrogen-bond acceptors (Lipinski definition) is 4. The lowest BCUT2D eigenvalue weighted by Crippen LogP contribution is -2.45. The maximum Gasteiger partial charge on any atom is 0.269 e. The number of amides is 1. The summed E-state index contributed by atoms with van der Waals surface area (Å²) in [7, 11) is -3.99. The van der Waals surface area contributed by atoms with E-state index in [0.29, 0.717) is 28.5 Å². The van der Waals surface area contributed by atoms with Crippen LogP contribution in [0.15, 0.2) is 53.4 Å². The number of alkyl halides is 1. The molecule has 4 aromatic rings. The van der Waals surface area contributed by atoms with Crippen LogP contribution in [0.4, 0.5) is 0 Å². The molecule has 0 N–H and O–H groups in total. The lowest BCUT2D eigenvalue weighted by atomic mass is 9.88. The third-order valence-corrected chi connectivity index (χ3v) is 13.0. The normalized spacial score (nSPS) is 19.6. The Balaban J connectivity index is 1.63. The summed E-state index contributed by atoms with van der Waals surface area (Å²) < 4.78 is 30.7. The molecule has 0 aliphatic carbocycles. The van der Waals surface area contributed by atoms with Gasteiger partial charge in [0, 0.05) is 33.8 Å². The number of rotatable bonds is 7. The first-order valence-electron chi connectivity index (χ1n) is 14.8. The molecule has 2 aliphatic heterocycles. The smallest absolute Gasteiger partial charge is 0.269 e. The van der Waals surface area contributed by atoms with Crippen LogP contribution < -0.4 is 0 Å². The predicted octanol–water partition coefficient (Wildman–Crippen LogP) is 8.31. The van der Waals surface area contributed by atoms with E-state index in [0.717, 1.165) is 63.8 Å². The molecule has 2 aromatic heterocycles. The van der Waals surface area contributed by atoms with E-state index in [4.69, 9.17) is 11.6 Å². The first kappa shape index (κ1) is 29.5. The Morgan fingerprint density at radius 1 is 0.952 bits per heavy atom. The molecular weight excluding hydrogens is 584 g/mol. The van der Waals surface area contributed by atoms with Crippen molar-refractivity contribution in [1.82, 2.24) is 8.87 Å². The number of halogens is 1. The van der Waals surface area contributed by atoms with Crippen molar-refractivity contribution in [1.29, 1.82) is 0 Å². The summed E-state index contributed by atoms with van der Waals surface area (Å²) in [6, 6.07) is 15.9. The Morgan fingerprint density at radius 2 is 1.52 bits per heavy atom. The highest BCUT2D eigenvalue weighted by molar-refractivity contribution is 7.90. The predicted molar refractivity (Wildman–Crippen MR) is 174 cm³/mol. The number of benzene rings is 2. The molecule has 2 bridgehead atoms. The molecule has 6 rings (SSSR count). The highest BCUT2D eigenvalue weighted by Gasteiger charge is 2.47. The summed E-state index contributed by atoms with van der Waals surface area (Å²) in [4.78, 5) is 18.0. The quantitative estimate of drug-likeness (QED) is 0.195. The van der Waals surface area contributed by atoms with Gasteiger partial charge in [0.25, 0.3) is 10.0 Å². The summed E-state index contributed by atoms with van der Waals surface area (Å²) in [5.41, 5.74) is 4.75. The number of hydrogen-bond donors (Lipinski definition) is 0. The first-order valence-corrected chi connectivity index (χ1v) is 17.6. The van der Waals surface area contributed by atoms with Crippen molar-refractivity contribution in [2.45, 2.75) is 95.5 Å². The molecule has 42 heavy (non-hydrogen) atoms. The van der Waals surface area contributed by atoms with E-state index in [2.05, 4.69) is 29.2 Å². The van der Waals surface area contributed by atoms with E-state index < -0.39 is 15.4 Å². The van der Waals surface area contributed by atoms with Crippen LogP contribution in [-0.2, 0) is 20.2 Å². The van der Waals surface area contributed by atoms with E-state index in [-0.39, 0.29) is 16.7 Å². The van der Waals surface area contributed by atoms with E-state index in [1.54, 1.807) is 12.1 Å². The minimum atomic E-state index is -3.99. The van der Waals surface area contributed by atoms with Crippen molar-refractivity contribution < 1.29 is 13.2 Å². The maximum atomic E-state index is 14.6. The zero-order chi connectivity index (χ0) is 30.1. The maximum absolute atomic E-state index is 14.6.